The number of hydrogen-bond acceptors (Lipinski definition) is 4. The molecular weight excluding hydrogens is 332 g/mol. The molecule has 1 N–H and O–H groups in total. The van der Waals surface area contributed by atoms with Gasteiger partial charge in [0.2, 0.25) is 5.91 Å². The van der Waals surface area contributed by atoms with Crippen LogP contribution in [0, 0.1) is 18.7 Å². The normalized spacial score (nSPS) is 19.5. The summed E-state index contributed by atoms with van der Waals surface area (Å²) in [4.78, 5) is 20.0. The SMILES string of the molecule is Cc1c(F)cncc1-c1ccc2nc(NC(=O)[C@@H]3CC3F)sc2c1. The number of carbonyl (C=O) groups is 1. The number of benzene rings is 1. The third kappa shape index (κ3) is 2.65. The molecule has 4 rings (SSSR count). The van der Waals surface area contributed by atoms with Crippen molar-refractivity contribution in [3.63, 3.8) is 0 Å². The maximum Gasteiger partial charge on any atom is 0.232 e. The molecule has 2 aromatic heterocycles. The number of nitrogens with one attached hydrogen (secondary N) is 1. The van der Waals surface area contributed by atoms with Crippen LogP contribution in [0.15, 0.2) is 30.6 Å². The van der Waals surface area contributed by atoms with Crippen LogP contribution in [0.2, 0.25) is 0 Å². The molecule has 1 saturated carbocycles. The number of hydrogen-bond donors (Lipinski definition) is 1. The van der Waals surface area contributed by atoms with Gasteiger partial charge in [-0.3, -0.25) is 9.78 Å². The summed E-state index contributed by atoms with van der Waals surface area (Å²) in [5, 5.41) is 3.10. The molecule has 0 spiro atoms. The van der Waals surface area contributed by atoms with Crippen LogP contribution in [0.1, 0.15) is 12.0 Å². The van der Waals surface area contributed by atoms with Crippen molar-refractivity contribution in [2.45, 2.75) is 19.5 Å². The molecule has 2 heterocycles. The zero-order valence-corrected chi connectivity index (χ0v) is 13.5. The van der Waals surface area contributed by atoms with E-state index in [9.17, 15) is 13.6 Å². The van der Waals surface area contributed by atoms with E-state index in [2.05, 4.69) is 15.3 Å². The molecular formula is C17H13F2N3OS. The maximum absolute atomic E-state index is 13.7. The fraction of sp³-hybridized carbons (Fsp3) is 0.235. The van der Waals surface area contributed by atoms with Gasteiger partial charge in [-0.25, -0.2) is 13.8 Å². The van der Waals surface area contributed by atoms with E-state index >= 15 is 0 Å². The number of alkyl halides is 1. The summed E-state index contributed by atoms with van der Waals surface area (Å²) < 4.78 is 27.5. The lowest BCUT2D eigenvalue weighted by atomic mass is 10.0. The second-order valence-electron chi connectivity index (χ2n) is 5.84. The molecule has 1 aromatic carbocycles. The second kappa shape index (κ2) is 5.59. The van der Waals surface area contributed by atoms with E-state index in [0.29, 0.717) is 16.3 Å². The molecule has 24 heavy (non-hydrogen) atoms. The molecule has 0 saturated heterocycles. The Morgan fingerprint density at radius 1 is 1.38 bits per heavy atom. The predicted molar refractivity (Wildman–Crippen MR) is 89.2 cm³/mol. The van der Waals surface area contributed by atoms with Gasteiger partial charge >= 0.3 is 0 Å². The van der Waals surface area contributed by atoms with Gasteiger partial charge in [-0.05, 0) is 36.6 Å². The third-order valence-corrected chi connectivity index (χ3v) is 5.07. The van der Waals surface area contributed by atoms with Gasteiger partial charge in [-0.1, -0.05) is 17.4 Å². The van der Waals surface area contributed by atoms with Crippen LogP contribution in [0.25, 0.3) is 21.3 Å². The number of aromatic nitrogens is 2. The van der Waals surface area contributed by atoms with Crippen LogP contribution in [0.3, 0.4) is 0 Å². The van der Waals surface area contributed by atoms with Crippen molar-refractivity contribution >= 4 is 32.6 Å². The highest BCUT2D eigenvalue weighted by molar-refractivity contribution is 7.22. The Hall–Kier alpha value is -2.41. The number of carbonyl (C=O) groups excluding carboxylic acids is 1. The predicted octanol–water partition coefficient (Wildman–Crippen LogP) is 4.10. The number of amides is 1. The van der Waals surface area contributed by atoms with Crippen LogP contribution in [0.5, 0.6) is 0 Å². The molecule has 0 radical (unpaired) electrons. The highest BCUT2D eigenvalue weighted by Gasteiger charge is 2.43. The molecule has 1 aliphatic rings. The highest BCUT2D eigenvalue weighted by atomic mass is 32.1. The minimum Gasteiger partial charge on any atom is -0.302 e. The molecule has 122 valence electrons. The lowest BCUT2D eigenvalue weighted by Gasteiger charge is -2.05. The van der Waals surface area contributed by atoms with Crippen molar-refractivity contribution in [1.29, 1.82) is 0 Å². The van der Waals surface area contributed by atoms with Crippen molar-refractivity contribution in [3.8, 4) is 11.1 Å². The van der Waals surface area contributed by atoms with Crippen molar-refractivity contribution in [3.05, 3.63) is 42.0 Å². The Kier molecular flexibility index (Phi) is 3.53. The first kappa shape index (κ1) is 15.1. The van der Waals surface area contributed by atoms with E-state index in [1.165, 1.54) is 17.5 Å². The Balaban J connectivity index is 1.66. The topological polar surface area (TPSA) is 54.9 Å². The van der Waals surface area contributed by atoms with Gasteiger partial charge in [0.1, 0.15) is 12.0 Å². The van der Waals surface area contributed by atoms with Crippen LogP contribution < -0.4 is 5.32 Å². The minimum absolute atomic E-state index is 0.284. The lowest BCUT2D eigenvalue weighted by molar-refractivity contribution is -0.117. The summed E-state index contributed by atoms with van der Waals surface area (Å²) in [5.74, 6) is -1.23. The summed E-state index contributed by atoms with van der Waals surface area (Å²) in [6.07, 6.45) is 2.06. The first-order chi connectivity index (χ1) is 11.5. The first-order valence-electron chi connectivity index (χ1n) is 7.49. The van der Waals surface area contributed by atoms with E-state index in [-0.39, 0.29) is 18.1 Å². The zero-order valence-electron chi connectivity index (χ0n) is 12.7. The molecule has 1 amide bonds. The molecule has 1 unspecified atom stereocenters. The smallest absolute Gasteiger partial charge is 0.232 e. The molecule has 0 bridgehead atoms. The van der Waals surface area contributed by atoms with Crippen LogP contribution in [0.4, 0.5) is 13.9 Å². The molecule has 1 fully saturated rings. The Bertz CT molecular complexity index is 956. The zero-order chi connectivity index (χ0) is 16.8. The monoisotopic (exact) mass is 345 g/mol. The summed E-state index contributed by atoms with van der Waals surface area (Å²) >= 11 is 1.31. The second-order valence-corrected chi connectivity index (χ2v) is 6.87. The number of fused-ring (bicyclic) bond motifs is 1. The van der Waals surface area contributed by atoms with Gasteiger partial charge in [-0.15, -0.1) is 0 Å². The Labute approximate surface area is 140 Å². The van der Waals surface area contributed by atoms with Crippen molar-refractivity contribution in [1.82, 2.24) is 9.97 Å². The third-order valence-electron chi connectivity index (χ3n) is 4.13. The Morgan fingerprint density at radius 3 is 2.92 bits per heavy atom. The first-order valence-corrected chi connectivity index (χ1v) is 8.30. The fourth-order valence-electron chi connectivity index (χ4n) is 2.57. The van der Waals surface area contributed by atoms with Gasteiger partial charge in [0.05, 0.1) is 22.3 Å². The summed E-state index contributed by atoms with van der Waals surface area (Å²) in [5.41, 5.74) is 2.81. The fourth-order valence-corrected chi connectivity index (χ4v) is 3.48. The quantitative estimate of drug-likeness (QED) is 0.777. The van der Waals surface area contributed by atoms with E-state index < -0.39 is 12.1 Å². The molecule has 2 atom stereocenters. The summed E-state index contributed by atoms with van der Waals surface area (Å²) in [7, 11) is 0. The largest absolute Gasteiger partial charge is 0.302 e. The average Bonchev–Trinajstić information content (AvgIpc) is 3.15. The van der Waals surface area contributed by atoms with Gasteiger partial charge in [-0.2, -0.15) is 0 Å². The molecule has 3 aromatic rings. The molecule has 0 aliphatic heterocycles. The highest BCUT2D eigenvalue weighted by Crippen LogP contribution is 2.36. The number of rotatable bonds is 3. The van der Waals surface area contributed by atoms with E-state index in [0.717, 1.165) is 15.8 Å². The number of thiazole rings is 1. The number of pyridine rings is 1. The molecule has 4 nitrogen and oxygen atoms in total. The number of anilines is 1. The van der Waals surface area contributed by atoms with Gasteiger partial charge in [0.25, 0.3) is 0 Å². The van der Waals surface area contributed by atoms with Crippen molar-refractivity contribution in [2.24, 2.45) is 5.92 Å². The van der Waals surface area contributed by atoms with Crippen LogP contribution in [-0.4, -0.2) is 22.0 Å². The molecule has 1 aliphatic carbocycles. The number of nitrogens with zero attached hydrogens (tertiary/aromatic N) is 2. The number of halogens is 2. The average molecular weight is 345 g/mol. The molecule has 7 heteroatoms. The van der Waals surface area contributed by atoms with E-state index in [4.69, 9.17) is 0 Å². The lowest BCUT2D eigenvalue weighted by Crippen LogP contribution is -2.14. The standard InChI is InChI=1S/C17H13F2N3OS/c1-8-11(6-20-7-13(8)19)9-2-3-14-15(4-9)24-17(21-14)22-16(23)10-5-12(10)18/h2-4,6-7,10,12H,5H2,1H3,(H,21,22,23)/t10-,12?/m1/s1. The van der Waals surface area contributed by atoms with Gasteiger partial charge in [0.15, 0.2) is 5.13 Å². The summed E-state index contributed by atoms with van der Waals surface area (Å²) in [6, 6.07) is 5.55. The van der Waals surface area contributed by atoms with Gasteiger partial charge < -0.3 is 5.32 Å². The van der Waals surface area contributed by atoms with Crippen molar-refractivity contribution < 1.29 is 13.6 Å². The van der Waals surface area contributed by atoms with E-state index in [1.54, 1.807) is 13.1 Å². The van der Waals surface area contributed by atoms with Crippen LogP contribution in [-0.2, 0) is 4.79 Å². The Morgan fingerprint density at radius 2 is 2.17 bits per heavy atom. The minimum atomic E-state index is -1.03. The van der Waals surface area contributed by atoms with Crippen molar-refractivity contribution in [2.75, 3.05) is 5.32 Å². The van der Waals surface area contributed by atoms with Gasteiger partial charge in [0, 0.05) is 11.8 Å². The van der Waals surface area contributed by atoms with Crippen LogP contribution >= 0.6 is 11.3 Å². The maximum atomic E-state index is 13.7. The summed E-state index contributed by atoms with van der Waals surface area (Å²) in [6.45, 7) is 1.71. The van der Waals surface area contributed by atoms with E-state index in [1.807, 2.05) is 18.2 Å².